The van der Waals surface area contributed by atoms with Crippen LogP contribution in [0.2, 0.25) is 0 Å². The quantitative estimate of drug-likeness (QED) is 0.745. The van der Waals surface area contributed by atoms with E-state index in [9.17, 15) is 4.79 Å². The van der Waals surface area contributed by atoms with Crippen molar-refractivity contribution in [3.63, 3.8) is 0 Å². The molecule has 23 heavy (non-hydrogen) atoms. The van der Waals surface area contributed by atoms with Gasteiger partial charge in [0.25, 0.3) is 5.91 Å². The second kappa shape index (κ2) is 6.83. The van der Waals surface area contributed by atoms with Crippen molar-refractivity contribution in [1.82, 2.24) is 14.7 Å². The second-order valence-corrected chi connectivity index (χ2v) is 5.90. The number of carbonyl (C=O) groups is 1. The van der Waals surface area contributed by atoms with Crippen LogP contribution in [0.1, 0.15) is 23.0 Å². The van der Waals surface area contributed by atoms with E-state index in [-0.39, 0.29) is 5.91 Å². The minimum absolute atomic E-state index is 0.148. The van der Waals surface area contributed by atoms with Crippen molar-refractivity contribution >= 4 is 27.5 Å². The van der Waals surface area contributed by atoms with Gasteiger partial charge < -0.3 is 14.5 Å². The number of rotatable bonds is 5. The highest BCUT2D eigenvalue weighted by atomic mass is 79.9. The maximum Gasteiger partial charge on any atom is 0.251 e. The van der Waals surface area contributed by atoms with Crippen LogP contribution in [0.3, 0.4) is 0 Å². The average molecular weight is 374 g/mol. The van der Waals surface area contributed by atoms with Crippen molar-refractivity contribution in [3.05, 3.63) is 64.5 Å². The van der Waals surface area contributed by atoms with Gasteiger partial charge in [-0.3, -0.25) is 4.79 Å². The summed E-state index contributed by atoms with van der Waals surface area (Å²) in [7, 11) is 0. The first-order valence-corrected chi connectivity index (χ1v) is 8.09. The van der Waals surface area contributed by atoms with E-state index in [0.29, 0.717) is 24.5 Å². The van der Waals surface area contributed by atoms with Crippen LogP contribution in [0.15, 0.2) is 53.3 Å². The monoisotopic (exact) mass is 373 g/mol. The number of imidazole rings is 1. The number of halogens is 1. The summed E-state index contributed by atoms with van der Waals surface area (Å²) in [5.41, 5.74) is 2.22. The van der Waals surface area contributed by atoms with Gasteiger partial charge in [0.2, 0.25) is 0 Å². The highest BCUT2D eigenvalue weighted by molar-refractivity contribution is 9.10. The molecule has 118 valence electrons. The molecule has 0 radical (unpaired) electrons. The first kappa shape index (κ1) is 15.6. The molecule has 0 spiro atoms. The largest absolute Gasteiger partial charge is 0.494 e. The Bertz CT molecular complexity index is 845. The molecule has 5 nitrogen and oxygen atoms in total. The Morgan fingerprint density at radius 2 is 2.17 bits per heavy atom. The number of fused-ring (bicyclic) bond motifs is 1. The summed E-state index contributed by atoms with van der Waals surface area (Å²) in [6.45, 7) is 2.85. The summed E-state index contributed by atoms with van der Waals surface area (Å²) < 4.78 is 8.31. The van der Waals surface area contributed by atoms with Crippen LogP contribution in [0.25, 0.3) is 5.65 Å². The molecule has 1 aromatic carbocycles. The van der Waals surface area contributed by atoms with Crippen molar-refractivity contribution in [2.24, 2.45) is 0 Å². The highest BCUT2D eigenvalue weighted by Crippen LogP contribution is 2.14. The Morgan fingerprint density at radius 3 is 3.00 bits per heavy atom. The predicted octanol–water partition coefficient (Wildman–Crippen LogP) is 3.43. The van der Waals surface area contributed by atoms with Crippen molar-refractivity contribution in [2.45, 2.75) is 13.5 Å². The lowest BCUT2D eigenvalue weighted by molar-refractivity contribution is 0.0950. The molecule has 2 aromatic heterocycles. The van der Waals surface area contributed by atoms with Crippen LogP contribution in [0.5, 0.6) is 5.75 Å². The molecule has 6 heteroatoms. The number of benzene rings is 1. The van der Waals surface area contributed by atoms with E-state index >= 15 is 0 Å². The van der Waals surface area contributed by atoms with Crippen LogP contribution in [0, 0.1) is 0 Å². The Balaban J connectivity index is 1.69. The lowest BCUT2D eigenvalue weighted by atomic mass is 10.2. The van der Waals surface area contributed by atoms with Crippen LogP contribution < -0.4 is 10.1 Å². The molecule has 0 atom stereocenters. The SMILES string of the molecule is CCOc1cccc(C(=O)NCc2cn3cc(Br)ccc3n2)c1. The van der Waals surface area contributed by atoms with Crippen LogP contribution in [0.4, 0.5) is 0 Å². The zero-order valence-corrected chi connectivity index (χ0v) is 14.2. The van der Waals surface area contributed by atoms with Gasteiger partial charge >= 0.3 is 0 Å². The van der Waals surface area contributed by atoms with Gasteiger partial charge in [0.05, 0.1) is 18.8 Å². The van der Waals surface area contributed by atoms with Crippen LogP contribution in [-0.4, -0.2) is 21.9 Å². The molecule has 2 heterocycles. The fourth-order valence-electron chi connectivity index (χ4n) is 2.27. The van der Waals surface area contributed by atoms with E-state index in [1.807, 2.05) is 48.0 Å². The molecule has 3 rings (SSSR count). The van der Waals surface area contributed by atoms with E-state index in [1.165, 1.54) is 0 Å². The number of hydrogen-bond donors (Lipinski definition) is 1. The lowest BCUT2D eigenvalue weighted by Gasteiger charge is -2.06. The van der Waals surface area contributed by atoms with Gasteiger partial charge in [-0.15, -0.1) is 0 Å². The molecule has 3 aromatic rings. The average Bonchev–Trinajstić information content (AvgIpc) is 2.95. The van der Waals surface area contributed by atoms with E-state index < -0.39 is 0 Å². The van der Waals surface area contributed by atoms with Gasteiger partial charge in [0.1, 0.15) is 11.4 Å². The molecule has 0 fully saturated rings. The lowest BCUT2D eigenvalue weighted by Crippen LogP contribution is -2.22. The van der Waals surface area contributed by atoms with Crippen LogP contribution in [-0.2, 0) is 6.54 Å². The van der Waals surface area contributed by atoms with Crippen LogP contribution >= 0.6 is 15.9 Å². The highest BCUT2D eigenvalue weighted by Gasteiger charge is 2.08. The summed E-state index contributed by atoms with van der Waals surface area (Å²) in [6, 6.07) is 11.0. The molecule has 0 saturated heterocycles. The Labute approximate surface area is 142 Å². The third kappa shape index (κ3) is 3.71. The topological polar surface area (TPSA) is 55.6 Å². The fraction of sp³-hybridized carbons (Fsp3) is 0.176. The Hall–Kier alpha value is -2.34. The molecule has 0 unspecified atom stereocenters. The first-order valence-electron chi connectivity index (χ1n) is 7.30. The van der Waals surface area contributed by atoms with Gasteiger partial charge in [-0.05, 0) is 53.2 Å². The second-order valence-electron chi connectivity index (χ2n) is 4.99. The number of nitrogens with one attached hydrogen (secondary N) is 1. The van der Waals surface area contributed by atoms with Crippen molar-refractivity contribution in [1.29, 1.82) is 0 Å². The van der Waals surface area contributed by atoms with Crippen molar-refractivity contribution in [3.8, 4) is 5.75 Å². The standard InChI is InChI=1S/C17H16BrN3O2/c1-2-23-15-5-3-4-12(8-15)17(22)19-9-14-11-21-10-13(18)6-7-16(21)20-14/h3-8,10-11H,2,9H2,1H3,(H,19,22). The number of nitrogens with zero attached hydrogens (tertiary/aromatic N) is 2. The zero-order chi connectivity index (χ0) is 16.2. The van der Waals surface area contributed by atoms with E-state index in [0.717, 1.165) is 15.8 Å². The molecule has 0 bridgehead atoms. The minimum atomic E-state index is -0.148. The summed E-state index contributed by atoms with van der Waals surface area (Å²) >= 11 is 3.42. The fourth-order valence-corrected chi connectivity index (χ4v) is 2.62. The number of aromatic nitrogens is 2. The molecule has 0 aliphatic carbocycles. The first-order chi connectivity index (χ1) is 11.2. The van der Waals surface area contributed by atoms with E-state index in [1.54, 1.807) is 12.1 Å². The van der Waals surface area contributed by atoms with Crippen molar-refractivity contribution < 1.29 is 9.53 Å². The molecular weight excluding hydrogens is 358 g/mol. The Morgan fingerprint density at radius 1 is 1.30 bits per heavy atom. The third-order valence-corrected chi connectivity index (χ3v) is 3.77. The number of hydrogen-bond acceptors (Lipinski definition) is 3. The number of pyridine rings is 1. The summed E-state index contributed by atoms with van der Waals surface area (Å²) in [5, 5.41) is 2.88. The van der Waals surface area contributed by atoms with Crippen molar-refractivity contribution in [2.75, 3.05) is 6.61 Å². The smallest absolute Gasteiger partial charge is 0.251 e. The van der Waals surface area contributed by atoms with E-state index in [2.05, 4.69) is 26.2 Å². The Kier molecular flexibility index (Phi) is 4.62. The van der Waals surface area contributed by atoms with Gasteiger partial charge in [-0.2, -0.15) is 0 Å². The maximum absolute atomic E-state index is 12.2. The number of amides is 1. The molecular formula is C17H16BrN3O2. The van der Waals surface area contributed by atoms with Gasteiger partial charge in [-0.1, -0.05) is 6.07 Å². The summed E-state index contributed by atoms with van der Waals surface area (Å²) in [5.74, 6) is 0.544. The normalized spacial score (nSPS) is 10.7. The number of ether oxygens (including phenoxy) is 1. The summed E-state index contributed by atoms with van der Waals surface area (Å²) in [4.78, 5) is 16.7. The zero-order valence-electron chi connectivity index (χ0n) is 12.6. The number of carbonyl (C=O) groups excluding carboxylic acids is 1. The predicted molar refractivity (Wildman–Crippen MR) is 91.7 cm³/mol. The molecule has 1 amide bonds. The van der Waals surface area contributed by atoms with Gasteiger partial charge in [0, 0.05) is 22.4 Å². The molecule has 0 aliphatic heterocycles. The van der Waals surface area contributed by atoms with Gasteiger partial charge in [-0.25, -0.2) is 4.98 Å². The summed E-state index contributed by atoms with van der Waals surface area (Å²) in [6.07, 6.45) is 3.83. The third-order valence-electron chi connectivity index (χ3n) is 3.30. The van der Waals surface area contributed by atoms with Gasteiger partial charge in [0.15, 0.2) is 0 Å². The molecule has 1 N–H and O–H groups in total. The molecule has 0 aliphatic rings. The molecule has 0 saturated carbocycles. The maximum atomic E-state index is 12.2. The minimum Gasteiger partial charge on any atom is -0.494 e. The van der Waals surface area contributed by atoms with E-state index in [4.69, 9.17) is 4.74 Å².